The number of nitrogens with zero attached hydrogens (tertiary/aromatic N) is 4. The molecule has 13 heteroatoms. The Morgan fingerprint density at radius 2 is 1.97 bits per heavy atom. The molecule has 3 aromatic rings. The number of amides is 2. The highest BCUT2D eigenvalue weighted by Gasteiger charge is 2.32. The van der Waals surface area contributed by atoms with E-state index in [0.29, 0.717) is 46.0 Å². The molecular weight excluding hydrogens is 537 g/mol. The molecule has 0 saturated carbocycles. The van der Waals surface area contributed by atoms with Crippen LogP contribution in [0.1, 0.15) is 29.8 Å². The van der Waals surface area contributed by atoms with Gasteiger partial charge in [-0.3, -0.25) is 19.9 Å². The highest BCUT2D eigenvalue weighted by molar-refractivity contribution is 8.18. The molecule has 0 bridgehead atoms. The molecule has 198 valence electrons. The van der Waals surface area contributed by atoms with Gasteiger partial charge in [0.25, 0.3) is 11.1 Å². The topological polar surface area (TPSA) is 100 Å². The number of halogens is 3. The van der Waals surface area contributed by atoms with Crippen LogP contribution in [0.2, 0.25) is 0 Å². The summed E-state index contributed by atoms with van der Waals surface area (Å²) >= 11 is 2.25. The molecular formula is C25H23F3N6O2S2. The molecule has 3 aromatic heterocycles. The van der Waals surface area contributed by atoms with Gasteiger partial charge in [-0.05, 0) is 72.8 Å². The Morgan fingerprint density at radius 3 is 2.66 bits per heavy atom. The van der Waals surface area contributed by atoms with E-state index in [2.05, 4.69) is 30.5 Å². The molecule has 2 aliphatic heterocycles. The van der Waals surface area contributed by atoms with Crippen LogP contribution in [0.25, 0.3) is 17.3 Å². The second-order valence-electron chi connectivity index (χ2n) is 8.94. The lowest BCUT2D eigenvalue weighted by atomic mass is 9.97. The number of anilines is 1. The summed E-state index contributed by atoms with van der Waals surface area (Å²) in [6.45, 7) is 2.36. The minimum Gasteiger partial charge on any atom is -0.341 e. The maximum Gasteiger partial charge on any atom is 0.416 e. The van der Waals surface area contributed by atoms with Gasteiger partial charge in [0, 0.05) is 36.8 Å². The second kappa shape index (κ2) is 11.2. The summed E-state index contributed by atoms with van der Waals surface area (Å²) in [6.07, 6.45) is 0.479. The summed E-state index contributed by atoms with van der Waals surface area (Å²) in [6, 6.07) is 5.64. The third kappa shape index (κ3) is 6.40. The zero-order valence-electron chi connectivity index (χ0n) is 20.0. The first-order chi connectivity index (χ1) is 18.2. The van der Waals surface area contributed by atoms with E-state index in [4.69, 9.17) is 0 Å². The van der Waals surface area contributed by atoms with E-state index in [1.54, 1.807) is 29.8 Å². The van der Waals surface area contributed by atoms with Crippen LogP contribution in [-0.4, -0.2) is 45.7 Å². The molecule has 0 unspecified atom stereocenters. The van der Waals surface area contributed by atoms with Crippen molar-refractivity contribution in [2.45, 2.75) is 25.6 Å². The number of carbonyl (C=O) groups is 2. The minimum absolute atomic E-state index is 0.245. The average molecular weight is 561 g/mol. The zero-order valence-corrected chi connectivity index (χ0v) is 21.6. The Morgan fingerprint density at radius 1 is 1.16 bits per heavy atom. The molecule has 2 amide bonds. The fourth-order valence-corrected chi connectivity index (χ4v) is 5.61. The van der Waals surface area contributed by atoms with Gasteiger partial charge in [-0.2, -0.15) is 24.5 Å². The van der Waals surface area contributed by atoms with Crippen LogP contribution in [0.3, 0.4) is 0 Å². The van der Waals surface area contributed by atoms with Crippen LogP contribution >= 0.6 is 23.1 Å². The Hall–Kier alpha value is -3.29. The molecule has 0 radical (unpaired) electrons. The van der Waals surface area contributed by atoms with Gasteiger partial charge in [-0.1, -0.05) is 0 Å². The summed E-state index contributed by atoms with van der Waals surface area (Å²) in [7, 11) is 0. The number of thioether (sulfide) groups is 1. The number of hydrogen-bond acceptors (Lipinski definition) is 9. The smallest absolute Gasteiger partial charge is 0.341 e. The zero-order chi connectivity index (χ0) is 26.7. The molecule has 38 heavy (non-hydrogen) atoms. The van der Waals surface area contributed by atoms with Gasteiger partial charge in [0.2, 0.25) is 5.95 Å². The van der Waals surface area contributed by atoms with Crippen molar-refractivity contribution in [1.82, 2.24) is 25.6 Å². The van der Waals surface area contributed by atoms with E-state index in [0.717, 1.165) is 49.8 Å². The number of alkyl halides is 3. The average Bonchev–Trinajstić information content (AvgIpc) is 3.54. The Bertz CT molecular complexity index is 1360. The summed E-state index contributed by atoms with van der Waals surface area (Å²) in [5, 5.41) is 8.70. The number of aromatic nitrogens is 3. The van der Waals surface area contributed by atoms with E-state index in [9.17, 15) is 22.8 Å². The van der Waals surface area contributed by atoms with Crippen molar-refractivity contribution >= 4 is 46.3 Å². The van der Waals surface area contributed by atoms with E-state index >= 15 is 0 Å². The number of pyridine rings is 1. The van der Waals surface area contributed by atoms with Gasteiger partial charge in [-0.15, -0.1) is 0 Å². The summed E-state index contributed by atoms with van der Waals surface area (Å²) in [5.41, 5.74) is 1.20. The van der Waals surface area contributed by atoms with E-state index in [1.165, 1.54) is 11.3 Å². The van der Waals surface area contributed by atoms with Gasteiger partial charge in [0.15, 0.2) is 0 Å². The number of carbonyl (C=O) groups excluding carboxylic acids is 2. The number of hydrogen-bond donors (Lipinski definition) is 2. The van der Waals surface area contributed by atoms with Gasteiger partial charge in [0.05, 0.1) is 27.6 Å². The van der Waals surface area contributed by atoms with Crippen molar-refractivity contribution < 1.29 is 22.8 Å². The first-order valence-corrected chi connectivity index (χ1v) is 13.6. The Balaban J connectivity index is 1.16. The van der Waals surface area contributed by atoms with Crippen molar-refractivity contribution in [2.75, 3.05) is 24.5 Å². The van der Waals surface area contributed by atoms with Crippen LogP contribution in [0.5, 0.6) is 0 Å². The van der Waals surface area contributed by atoms with E-state index < -0.39 is 22.9 Å². The van der Waals surface area contributed by atoms with Gasteiger partial charge in [0.1, 0.15) is 0 Å². The van der Waals surface area contributed by atoms with Gasteiger partial charge in [-0.25, -0.2) is 9.97 Å². The first-order valence-electron chi connectivity index (χ1n) is 11.9. The number of rotatable bonds is 7. The number of piperidine rings is 1. The van der Waals surface area contributed by atoms with Crippen LogP contribution in [0, 0.1) is 5.92 Å². The van der Waals surface area contributed by atoms with Crippen molar-refractivity contribution in [2.24, 2.45) is 5.92 Å². The SMILES string of the molecule is O=C1NC(=O)C(=Cc2ccnc(N3CCC(CNCc4cc(C(F)(F)F)cc(-c5ccsc5)n4)CC3)n2)S1. The molecule has 2 N–H and O–H groups in total. The van der Waals surface area contributed by atoms with E-state index in [-0.39, 0.29) is 6.54 Å². The standard InChI is InChI=1S/C25H23F3N6O2S2/c26-25(27,28)17-9-19(31-20(10-17)16-4-8-37-14-16)13-29-12-15-2-6-34(7-3-15)23-30-5-1-18(32-23)11-21-22(35)33-24(36)38-21/h1,4-5,8-11,14-15,29H,2-3,6-7,12-13H2,(H,33,35,36). The third-order valence-electron chi connectivity index (χ3n) is 6.24. The molecule has 0 spiro atoms. The minimum atomic E-state index is -4.44. The largest absolute Gasteiger partial charge is 0.416 e. The lowest BCUT2D eigenvalue weighted by molar-refractivity contribution is -0.137. The highest BCUT2D eigenvalue weighted by Crippen LogP contribution is 2.33. The number of thiophene rings is 1. The number of imide groups is 1. The molecule has 5 heterocycles. The maximum atomic E-state index is 13.4. The Kier molecular flexibility index (Phi) is 7.77. The molecule has 0 atom stereocenters. The van der Waals surface area contributed by atoms with Crippen molar-refractivity contribution in [3.63, 3.8) is 0 Å². The van der Waals surface area contributed by atoms with Crippen molar-refractivity contribution in [3.05, 3.63) is 63.1 Å². The quantitative estimate of drug-likeness (QED) is 0.392. The molecule has 2 fully saturated rings. The van der Waals surface area contributed by atoms with Gasteiger partial charge >= 0.3 is 6.18 Å². The second-order valence-corrected chi connectivity index (χ2v) is 10.7. The van der Waals surface area contributed by atoms with Crippen LogP contribution in [0.15, 0.2) is 46.1 Å². The predicted molar refractivity (Wildman–Crippen MR) is 140 cm³/mol. The molecule has 0 aliphatic carbocycles. The van der Waals surface area contributed by atoms with Crippen LogP contribution in [-0.2, 0) is 17.5 Å². The maximum absolute atomic E-state index is 13.4. The molecule has 2 saturated heterocycles. The number of nitrogens with one attached hydrogen (secondary N) is 2. The molecule has 8 nitrogen and oxygen atoms in total. The first kappa shape index (κ1) is 26.3. The molecule has 2 aliphatic rings. The highest BCUT2D eigenvalue weighted by atomic mass is 32.2. The third-order valence-corrected chi connectivity index (χ3v) is 7.74. The lowest BCUT2D eigenvalue weighted by Gasteiger charge is -2.32. The summed E-state index contributed by atoms with van der Waals surface area (Å²) in [4.78, 5) is 38.8. The fraction of sp³-hybridized carbons (Fsp3) is 0.320. The van der Waals surface area contributed by atoms with Gasteiger partial charge < -0.3 is 10.2 Å². The molecule has 0 aromatic carbocycles. The summed E-state index contributed by atoms with van der Waals surface area (Å²) < 4.78 is 40.3. The molecule has 5 rings (SSSR count). The normalized spacial score (nSPS) is 17.9. The lowest BCUT2D eigenvalue weighted by Crippen LogP contribution is -2.38. The van der Waals surface area contributed by atoms with Crippen LogP contribution in [0.4, 0.5) is 23.9 Å². The fourth-order valence-electron chi connectivity index (χ4n) is 4.29. The van der Waals surface area contributed by atoms with Crippen LogP contribution < -0.4 is 15.5 Å². The summed E-state index contributed by atoms with van der Waals surface area (Å²) in [5.74, 6) is 0.467. The van der Waals surface area contributed by atoms with Crippen molar-refractivity contribution in [1.29, 1.82) is 0 Å². The Labute approximate surface area is 224 Å². The predicted octanol–water partition coefficient (Wildman–Crippen LogP) is 4.95. The monoisotopic (exact) mass is 560 g/mol. The van der Waals surface area contributed by atoms with Crippen molar-refractivity contribution in [3.8, 4) is 11.3 Å². The van der Waals surface area contributed by atoms with E-state index in [1.807, 2.05) is 5.38 Å².